The lowest BCUT2D eigenvalue weighted by atomic mass is 10.2. The first kappa shape index (κ1) is 15.1. The third-order valence-electron chi connectivity index (χ3n) is 3.10. The van der Waals surface area contributed by atoms with Gasteiger partial charge in [0.25, 0.3) is 0 Å². The highest BCUT2D eigenvalue weighted by molar-refractivity contribution is 7.80. The van der Waals surface area contributed by atoms with E-state index in [9.17, 15) is 4.39 Å². The second kappa shape index (κ2) is 6.93. The molecule has 3 aromatic rings. The number of rotatable bonds is 3. The largest absolute Gasteiger partial charge is 0.329 e. The van der Waals surface area contributed by atoms with Gasteiger partial charge in [0.05, 0.1) is 23.1 Å². The number of para-hydroxylation sites is 2. The molecule has 0 amide bonds. The highest BCUT2D eigenvalue weighted by Crippen LogP contribution is 2.12. The van der Waals surface area contributed by atoms with Crippen LogP contribution >= 0.6 is 12.2 Å². The number of hydrazone groups is 1. The van der Waals surface area contributed by atoms with Crippen molar-refractivity contribution in [2.75, 3.05) is 5.32 Å². The Morgan fingerprint density at radius 3 is 2.70 bits per heavy atom. The van der Waals surface area contributed by atoms with E-state index in [0.717, 1.165) is 10.9 Å². The Labute approximate surface area is 138 Å². The third kappa shape index (κ3) is 3.87. The fourth-order valence-corrected chi connectivity index (χ4v) is 2.19. The number of fused-ring (bicyclic) bond motifs is 1. The summed E-state index contributed by atoms with van der Waals surface area (Å²) >= 11 is 5.07. The van der Waals surface area contributed by atoms with Gasteiger partial charge in [0.15, 0.2) is 5.11 Å². The van der Waals surface area contributed by atoms with Crippen LogP contribution in [0, 0.1) is 5.82 Å². The van der Waals surface area contributed by atoms with Crippen LogP contribution < -0.4 is 10.7 Å². The molecule has 1 aromatic heterocycles. The van der Waals surface area contributed by atoms with E-state index in [1.807, 2.05) is 36.4 Å². The van der Waals surface area contributed by atoms with Crippen molar-refractivity contribution in [3.63, 3.8) is 0 Å². The van der Waals surface area contributed by atoms with Crippen molar-refractivity contribution in [1.82, 2.24) is 10.4 Å². The maximum atomic E-state index is 13.5. The second-order valence-corrected chi connectivity index (χ2v) is 5.14. The van der Waals surface area contributed by atoms with E-state index in [1.54, 1.807) is 24.4 Å². The maximum Gasteiger partial charge on any atom is 0.191 e. The van der Waals surface area contributed by atoms with Crippen molar-refractivity contribution >= 4 is 40.1 Å². The predicted octanol–water partition coefficient (Wildman–Crippen LogP) is 3.69. The number of benzene rings is 2. The summed E-state index contributed by atoms with van der Waals surface area (Å²) in [6.07, 6.45) is 1.56. The van der Waals surface area contributed by atoms with Crippen molar-refractivity contribution in [3.05, 3.63) is 72.2 Å². The average Bonchev–Trinajstić information content (AvgIpc) is 2.57. The topological polar surface area (TPSA) is 49.3 Å². The van der Waals surface area contributed by atoms with Gasteiger partial charge in [0, 0.05) is 5.39 Å². The van der Waals surface area contributed by atoms with Gasteiger partial charge < -0.3 is 5.32 Å². The molecule has 23 heavy (non-hydrogen) atoms. The molecule has 1 heterocycles. The standard InChI is InChI=1S/C17H13FN4S/c18-14-6-2-4-8-16(14)21-17(23)22-19-11-13-10-9-12-5-1-3-7-15(12)20-13/h1-11H,(H2,21,22,23)/b19-11+. The van der Waals surface area contributed by atoms with Crippen molar-refractivity contribution in [2.45, 2.75) is 0 Å². The molecule has 0 unspecified atom stereocenters. The number of hydrogen-bond donors (Lipinski definition) is 2. The molecule has 3 rings (SSSR count). The summed E-state index contributed by atoms with van der Waals surface area (Å²) in [7, 11) is 0. The molecule has 0 bridgehead atoms. The molecule has 2 N–H and O–H groups in total. The fourth-order valence-electron chi connectivity index (χ4n) is 2.02. The van der Waals surface area contributed by atoms with E-state index < -0.39 is 0 Å². The molecular weight excluding hydrogens is 311 g/mol. The Kier molecular flexibility index (Phi) is 4.54. The van der Waals surface area contributed by atoms with Crippen molar-refractivity contribution in [1.29, 1.82) is 0 Å². The number of halogens is 1. The first-order valence-electron chi connectivity index (χ1n) is 6.93. The molecule has 6 heteroatoms. The van der Waals surface area contributed by atoms with Gasteiger partial charge in [-0.05, 0) is 36.5 Å². The zero-order valence-corrected chi connectivity index (χ0v) is 12.8. The molecule has 0 aliphatic carbocycles. The lowest BCUT2D eigenvalue weighted by molar-refractivity contribution is 0.632. The summed E-state index contributed by atoms with van der Waals surface area (Å²) in [5.74, 6) is -0.378. The molecule has 0 aliphatic heterocycles. The number of anilines is 1. The number of thiocarbonyl (C=S) groups is 1. The first-order valence-corrected chi connectivity index (χ1v) is 7.33. The molecular formula is C17H13FN4S. The lowest BCUT2D eigenvalue weighted by Gasteiger charge is -2.07. The number of hydrogen-bond acceptors (Lipinski definition) is 3. The number of nitrogens with zero attached hydrogens (tertiary/aromatic N) is 2. The number of pyridine rings is 1. The van der Waals surface area contributed by atoms with Crippen molar-refractivity contribution < 1.29 is 4.39 Å². The van der Waals surface area contributed by atoms with E-state index in [2.05, 4.69) is 20.8 Å². The minimum Gasteiger partial charge on any atom is -0.329 e. The molecule has 0 saturated heterocycles. The summed E-state index contributed by atoms with van der Waals surface area (Å²) in [6.45, 7) is 0. The molecule has 4 nitrogen and oxygen atoms in total. The Morgan fingerprint density at radius 1 is 1.04 bits per heavy atom. The molecule has 0 spiro atoms. The monoisotopic (exact) mass is 324 g/mol. The SMILES string of the molecule is Fc1ccccc1NC(=S)N/N=C/c1ccc2ccccc2n1. The molecule has 0 saturated carbocycles. The van der Waals surface area contributed by atoms with E-state index in [1.165, 1.54) is 6.07 Å². The Bertz CT molecular complexity index is 879. The zero-order valence-electron chi connectivity index (χ0n) is 12.0. The van der Waals surface area contributed by atoms with Crippen LogP contribution in [0.1, 0.15) is 5.69 Å². The molecule has 0 atom stereocenters. The predicted molar refractivity (Wildman–Crippen MR) is 95.1 cm³/mol. The van der Waals surface area contributed by atoms with Crippen LogP contribution in [-0.4, -0.2) is 16.3 Å². The Hall–Kier alpha value is -2.86. The Balaban J connectivity index is 1.63. The molecule has 114 valence electrons. The van der Waals surface area contributed by atoms with Gasteiger partial charge in [-0.15, -0.1) is 0 Å². The second-order valence-electron chi connectivity index (χ2n) is 4.73. The van der Waals surface area contributed by atoms with E-state index in [0.29, 0.717) is 11.4 Å². The summed E-state index contributed by atoms with van der Waals surface area (Å²) in [5.41, 5.74) is 4.52. The van der Waals surface area contributed by atoms with Crippen LogP contribution in [-0.2, 0) is 0 Å². The van der Waals surface area contributed by atoms with Crippen molar-refractivity contribution in [3.8, 4) is 0 Å². The normalized spacial score (nSPS) is 10.8. The van der Waals surface area contributed by atoms with Crippen molar-refractivity contribution in [2.24, 2.45) is 5.10 Å². The highest BCUT2D eigenvalue weighted by atomic mass is 32.1. The van der Waals surface area contributed by atoms with Gasteiger partial charge in [0.2, 0.25) is 0 Å². The van der Waals surface area contributed by atoms with Crippen LogP contribution in [0.5, 0.6) is 0 Å². The summed E-state index contributed by atoms with van der Waals surface area (Å²) in [5, 5.41) is 8.01. The minimum atomic E-state index is -0.378. The van der Waals surface area contributed by atoms with Gasteiger partial charge in [-0.1, -0.05) is 36.4 Å². The van der Waals surface area contributed by atoms with Crippen LogP contribution in [0.25, 0.3) is 10.9 Å². The van der Waals surface area contributed by atoms with Gasteiger partial charge in [0.1, 0.15) is 5.82 Å². The highest BCUT2D eigenvalue weighted by Gasteiger charge is 2.01. The number of aromatic nitrogens is 1. The number of nitrogens with one attached hydrogen (secondary N) is 2. The minimum absolute atomic E-state index is 0.201. The van der Waals surface area contributed by atoms with Crippen LogP contribution in [0.4, 0.5) is 10.1 Å². The average molecular weight is 324 g/mol. The third-order valence-corrected chi connectivity index (χ3v) is 3.30. The quantitative estimate of drug-likeness (QED) is 0.438. The fraction of sp³-hybridized carbons (Fsp3) is 0. The van der Waals surface area contributed by atoms with Crippen LogP contribution in [0.15, 0.2) is 65.8 Å². The summed E-state index contributed by atoms with van der Waals surface area (Å²) in [6, 6.07) is 17.9. The van der Waals surface area contributed by atoms with E-state index in [-0.39, 0.29) is 10.9 Å². The molecule has 0 radical (unpaired) electrons. The zero-order chi connectivity index (χ0) is 16.1. The van der Waals surface area contributed by atoms with E-state index >= 15 is 0 Å². The van der Waals surface area contributed by atoms with Crippen LogP contribution in [0.2, 0.25) is 0 Å². The Morgan fingerprint density at radius 2 is 1.83 bits per heavy atom. The summed E-state index contributed by atoms with van der Waals surface area (Å²) < 4.78 is 13.5. The molecule has 2 aromatic carbocycles. The van der Waals surface area contributed by atoms with Gasteiger partial charge in [-0.3, -0.25) is 5.43 Å². The maximum absolute atomic E-state index is 13.5. The van der Waals surface area contributed by atoms with Gasteiger partial charge >= 0.3 is 0 Å². The van der Waals surface area contributed by atoms with Gasteiger partial charge in [-0.2, -0.15) is 5.10 Å². The lowest BCUT2D eigenvalue weighted by Crippen LogP contribution is -2.24. The first-order chi connectivity index (χ1) is 11.2. The molecule has 0 aliphatic rings. The van der Waals surface area contributed by atoms with Crippen LogP contribution in [0.3, 0.4) is 0 Å². The summed E-state index contributed by atoms with van der Waals surface area (Å²) in [4.78, 5) is 4.46. The smallest absolute Gasteiger partial charge is 0.191 e. The van der Waals surface area contributed by atoms with Gasteiger partial charge in [-0.25, -0.2) is 9.37 Å². The van der Waals surface area contributed by atoms with E-state index in [4.69, 9.17) is 12.2 Å². The molecule has 0 fully saturated rings.